The lowest BCUT2D eigenvalue weighted by Crippen LogP contribution is -2.13. The molecule has 7 rings (SSSR count). The topological polar surface area (TPSA) is 24.9 Å². The van der Waals surface area contributed by atoms with E-state index in [2.05, 4.69) is 264 Å². The minimum absolute atomic E-state index is 0.489. The molecule has 0 N–H and O–H groups in total. The van der Waals surface area contributed by atoms with Crippen molar-refractivity contribution in [1.29, 1.82) is 0 Å². The molecule has 2 unspecified atom stereocenters. The third kappa shape index (κ3) is 14.1. The molecule has 0 saturated carbocycles. The molecule has 0 fully saturated rings. The fourth-order valence-electron chi connectivity index (χ4n) is 8.38. The van der Waals surface area contributed by atoms with Crippen LogP contribution in [0.15, 0.2) is 179 Å². The van der Waals surface area contributed by atoms with Gasteiger partial charge >= 0.3 is 0 Å². The van der Waals surface area contributed by atoms with E-state index in [0.29, 0.717) is 25.0 Å². The Morgan fingerprint density at radius 2 is 0.735 bits per heavy atom. The monoisotopic (exact) mass is 1030 g/mol. The summed E-state index contributed by atoms with van der Waals surface area (Å²) in [5.41, 5.74) is 10.8. The summed E-state index contributed by atoms with van der Waals surface area (Å²) in [7, 11) is 0. The first-order valence-corrected chi connectivity index (χ1v) is 26.2. The summed E-state index contributed by atoms with van der Waals surface area (Å²) in [6.07, 6.45) is 18.0. The molecule has 0 amide bonds. The lowest BCUT2D eigenvalue weighted by Gasteiger charge is -2.25. The average Bonchev–Trinajstić information content (AvgIpc) is 3.38. The van der Waals surface area contributed by atoms with Crippen LogP contribution in [0.3, 0.4) is 0 Å². The van der Waals surface area contributed by atoms with Gasteiger partial charge in [0.2, 0.25) is 0 Å². The Morgan fingerprint density at radius 1 is 0.412 bits per heavy atom. The first-order chi connectivity index (χ1) is 33.3. The van der Waals surface area contributed by atoms with Crippen molar-refractivity contribution < 1.29 is 9.47 Å². The summed E-state index contributed by atoms with van der Waals surface area (Å²) < 4.78 is 15.8. The summed E-state index contributed by atoms with van der Waals surface area (Å²) in [6.45, 7) is 10.4. The van der Waals surface area contributed by atoms with Crippen LogP contribution in [0.25, 0.3) is 24.3 Å². The molecular formula is C62H66Br2N2O2. The van der Waals surface area contributed by atoms with Gasteiger partial charge in [-0.3, -0.25) is 0 Å². The minimum atomic E-state index is 0.489. The number of hydrogen-bond donors (Lipinski definition) is 0. The molecule has 0 bridgehead atoms. The first kappa shape index (κ1) is 50.1. The zero-order valence-corrected chi connectivity index (χ0v) is 43.3. The van der Waals surface area contributed by atoms with Crippen LogP contribution in [0, 0.1) is 11.8 Å². The predicted octanol–water partition coefficient (Wildman–Crippen LogP) is 19.7. The van der Waals surface area contributed by atoms with Crippen molar-refractivity contribution in [2.24, 2.45) is 11.8 Å². The molecule has 2 atom stereocenters. The summed E-state index contributed by atoms with van der Waals surface area (Å²) in [5, 5.41) is 0. The highest BCUT2D eigenvalue weighted by atomic mass is 79.9. The molecular weight excluding hydrogens is 965 g/mol. The van der Waals surface area contributed by atoms with Crippen LogP contribution in [-0.2, 0) is 0 Å². The van der Waals surface area contributed by atoms with Gasteiger partial charge < -0.3 is 19.3 Å². The molecule has 6 heteroatoms. The van der Waals surface area contributed by atoms with Crippen LogP contribution in [0.5, 0.6) is 11.5 Å². The van der Waals surface area contributed by atoms with Crippen LogP contribution in [-0.4, -0.2) is 13.2 Å². The molecule has 0 aromatic heterocycles. The van der Waals surface area contributed by atoms with Crippen molar-refractivity contribution >= 4 is 90.3 Å². The van der Waals surface area contributed by atoms with E-state index in [0.717, 1.165) is 103 Å². The lowest BCUT2D eigenvalue weighted by atomic mass is 10.00. The highest BCUT2D eigenvalue weighted by molar-refractivity contribution is 9.10. The first-order valence-electron chi connectivity index (χ1n) is 24.6. The second kappa shape index (κ2) is 26.1. The van der Waals surface area contributed by atoms with Gasteiger partial charge in [-0.1, -0.05) is 183 Å². The van der Waals surface area contributed by atoms with Crippen LogP contribution in [0.4, 0.5) is 34.1 Å². The Hall–Kier alpha value is -5.82. The van der Waals surface area contributed by atoms with Gasteiger partial charge in [0.05, 0.1) is 13.2 Å². The summed E-state index contributed by atoms with van der Waals surface area (Å²) in [4.78, 5) is 4.57. The number of ether oxygens (including phenoxy) is 2. The molecule has 7 aromatic rings. The van der Waals surface area contributed by atoms with E-state index in [1.54, 1.807) is 0 Å². The average molecular weight is 1030 g/mol. The fourth-order valence-corrected chi connectivity index (χ4v) is 8.91. The predicted molar refractivity (Wildman–Crippen MR) is 300 cm³/mol. The van der Waals surface area contributed by atoms with Gasteiger partial charge in [0.15, 0.2) is 0 Å². The summed E-state index contributed by atoms with van der Waals surface area (Å²) in [6, 6.07) is 59.9. The van der Waals surface area contributed by atoms with Crippen molar-refractivity contribution in [3.05, 3.63) is 201 Å². The van der Waals surface area contributed by atoms with Gasteiger partial charge in [0.1, 0.15) is 11.5 Å². The molecule has 7 aromatic carbocycles. The largest absolute Gasteiger partial charge is 0.493 e. The van der Waals surface area contributed by atoms with E-state index in [1.165, 1.54) is 25.7 Å². The van der Waals surface area contributed by atoms with E-state index in [9.17, 15) is 0 Å². The third-order valence-corrected chi connectivity index (χ3v) is 13.6. The molecule has 0 radical (unpaired) electrons. The molecule has 0 aliphatic rings. The van der Waals surface area contributed by atoms with Crippen molar-refractivity contribution in [2.45, 2.75) is 79.1 Å². The third-order valence-electron chi connectivity index (χ3n) is 12.6. The molecule has 350 valence electrons. The van der Waals surface area contributed by atoms with Gasteiger partial charge in [0.25, 0.3) is 0 Å². The van der Waals surface area contributed by atoms with E-state index in [4.69, 9.17) is 9.47 Å². The van der Waals surface area contributed by atoms with Crippen LogP contribution in [0.1, 0.15) is 101 Å². The quantitative estimate of drug-likeness (QED) is 0.0563. The Kier molecular flexibility index (Phi) is 19.2. The normalized spacial score (nSPS) is 12.3. The minimum Gasteiger partial charge on any atom is -0.493 e. The number of para-hydroxylation sites is 2. The molecule has 0 spiro atoms. The molecule has 0 aliphatic carbocycles. The fraction of sp³-hybridized carbons (Fsp3) is 0.258. The number of hydrogen-bond acceptors (Lipinski definition) is 4. The second-order valence-corrected chi connectivity index (χ2v) is 19.4. The van der Waals surface area contributed by atoms with E-state index < -0.39 is 0 Å². The summed E-state index contributed by atoms with van der Waals surface area (Å²) >= 11 is 7.22. The van der Waals surface area contributed by atoms with Crippen molar-refractivity contribution in [1.82, 2.24) is 0 Å². The maximum absolute atomic E-state index is 6.85. The van der Waals surface area contributed by atoms with E-state index in [1.807, 2.05) is 0 Å². The molecule has 0 saturated heterocycles. The van der Waals surface area contributed by atoms with Crippen LogP contribution in [0.2, 0.25) is 0 Å². The van der Waals surface area contributed by atoms with Crippen molar-refractivity contribution in [2.75, 3.05) is 23.0 Å². The van der Waals surface area contributed by atoms with E-state index in [-0.39, 0.29) is 0 Å². The number of benzene rings is 7. The zero-order valence-electron chi connectivity index (χ0n) is 40.2. The van der Waals surface area contributed by atoms with Crippen molar-refractivity contribution in [3.63, 3.8) is 0 Å². The molecule has 68 heavy (non-hydrogen) atoms. The molecule has 0 heterocycles. The molecule has 0 aliphatic heterocycles. The number of anilines is 6. The summed E-state index contributed by atoms with van der Waals surface area (Å²) in [5.74, 6) is 2.71. The van der Waals surface area contributed by atoms with Gasteiger partial charge in [-0.25, -0.2) is 0 Å². The SMILES string of the molecule is CCCCC(CC)COc1cc(/C=C/c2ccc(N(c3ccccc3)c3ccc(Br)cc3)cc2)c(OCC(CC)CCCC)cc1/C=C/c1ccc(N(c2ccccc2)c2ccc(Br)cc2)cc1. The number of rotatable bonds is 24. The zero-order chi connectivity index (χ0) is 47.5. The standard InChI is InChI=1S/C62H66Br2N2O2/c1-5-9-17-47(7-3)45-67-61-43-52(30-24-50-27-37-58(38-28-50)66(56-21-15-12-16-22-56)60-41-33-54(64)34-42-60)62(68-46-48(8-4)18-10-6-2)44-51(61)29-23-49-25-35-57(36-26-49)65(55-19-13-11-14-20-55)59-39-31-53(63)32-40-59/h11-16,19-44,47-48H,5-10,17-18,45-46H2,1-4H3/b29-23+,30-24+. The Labute approximate surface area is 423 Å². The second-order valence-electron chi connectivity index (χ2n) is 17.5. The van der Waals surface area contributed by atoms with Crippen LogP contribution < -0.4 is 19.3 Å². The van der Waals surface area contributed by atoms with Gasteiger partial charge in [0, 0.05) is 54.2 Å². The van der Waals surface area contributed by atoms with E-state index >= 15 is 0 Å². The van der Waals surface area contributed by atoms with Crippen LogP contribution >= 0.6 is 31.9 Å². The lowest BCUT2D eigenvalue weighted by molar-refractivity contribution is 0.227. The van der Waals surface area contributed by atoms with Crippen molar-refractivity contribution in [3.8, 4) is 11.5 Å². The molecule has 4 nitrogen and oxygen atoms in total. The van der Waals surface area contributed by atoms with Gasteiger partial charge in [-0.15, -0.1) is 0 Å². The smallest absolute Gasteiger partial charge is 0.127 e. The van der Waals surface area contributed by atoms with Gasteiger partial charge in [-0.05, 0) is 145 Å². The number of nitrogens with zero attached hydrogens (tertiary/aromatic N) is 2. The highest BCUT2D eigenvalue weighted by Gasteiger charge is 2.17. The Morgan fingerprint density at radius 3 is 1.06 bits per heavy atom. The Balaban J connectivity index is 1.22. The number of unbranched alkanes of at least 4 members (excludes halogenated alkanes) is 2. The number of halogens is 2. The van der Waals surface area contributed by atoms with Gasteiger partial charge in [-0.2, -0.15) is 0 Å². The highest BCUT2D eigenvalue weighted by Crippen LogP contribution is 2.38. The Bertz CT molecular complexity index is 2440. The maximum Gasteiger partial charge on any atom is 0.127 e. The maximum atomic E-state index is 6.85.